The molecule has 2 N–H and O–H groups in total. The Hall–Kier alpha value is -2.10. The van der Waals surface area contributed by atoms with Crippen molar-refractivity contribution >= 4 is 5.97 Å². The molecular weight excluding hydrogens is 204 g/mol. The highest BCUT2D eigenvalue weighted by Crippen LogP contribution is 2.16. The summed E-state index contributed by atoms with van der Waals surface area (Å²) in [7, 11) is 0. The first-order valence-corrected chi connectivity index (χ1v) is 5.14. The number of H-pyrrole nitrogens is 2. The maximum atomic E-state index is 11.4. The van der Waals surface area contributed by atoms with Gasteiger partial charge < -0.3 is 4.74 Å². The maximum absolute atomic E-state index is 11.4. The highest BCUT2D eigenvalue weighted by atomic mass is 16.5. The van der Waals surface area contributed by atoms with E-state index in [1.54, 1.807) is 19.1 Å². The Morgan fingerprint density at radius 1 is 1.31 bits per heavy atom. The fraction of sp³-hybridized carbons (Fsp3) is 0.167. The molecule has 0 amide bonds. The molecule has 2 aromatic rings. The van der Waals surface area contributed by atoms with E-state index in [1.807, 2.05) is 24.4 Å². The van der Waals surface area contributed by atoms with Crippen LogP contribution in [0.5, 0.6) is 0 Å². The summed E-state index contributed by atoms with van der Waals surface area (Å²) in [6.07, 6.45) is 1.81. The van der Waals surface area contributed by atoms with Crippen LogP contribution in [0.25, 0.3) is 11.3 Å². The second-order valence-electron chi connectivity index (χ2n) is 3.31. The summed E-state index contributed by atoms with van der Waals surface area (Å²) in [6.45, 7) is 2.19. The Labute approximate surface area is 93.3 Å². The largest absolute Gasteiger partial charge is 0.462 e. The number of carbonyl (C=O) groups is 1. The molecule has 0 radical (unpaired) electrons. The monoisotopic (exact) mass is 217 g/mol. The number of hydrogen-bond donors (Lipinski definition) is 1. The second-order valence-corrected chi connectivity index (χ2v) is 3.31. The van der Waals surface area contributed by atoms with Crippen LogP contribution in [0.2, 0.25) is 0 Å². The first kappa shape index (κ1) is 10.4. The lowest BCUT2D eigenvalue weighted by Gasteiger charge is -2.02. The quantitative estimate of drug-likeness (QED) is 0.795. The molecule has 0 spiro atoms. The van der Waals surface area contributed by atoms with Gasteiger partial charge in [0.2, 0.25) is 0 Å². The molecule has 1 aromatic heterocycles. The Balaban J connectivity index is 2.20. The van der Waals surface area contributed by atoms with Gasteiger partial charge in [-0.25, -0.2) is 4.79 Å². The number of hydrogen-bond acceptors (Lipinski definition) is 2. The van der Waals surface area contributed by atoms with E-state index < -0.39 is 0 Å². The van der Waals surface area contributed by atoms with Crippen molar-refractivity contribution in [3.63, 3.8) is 0 Å². The van der Waals surface area contributed by atoms with E-state index in [0.717, 1.165) is 11.3 Å². The predicted molar refractivity (Wildman–Crippen MR) is 58.7 cm³/mol. The van der Waals surface area contributed by atoms with Crippen molar-refractivity contribution < 1.29 is 14.6 Å². The molecule has 0 aliphatic heterocycles. The summed E-state index contributed by atoms with van der Waals surface area (Å²) < 4.78 is 4.91. The topological polar surface area (TPSA) is 56.2 Å². The minimum atomic E-state index is -0.285. The number of aromatic amines is 2. The lowest BCUT2D eigenvalue weighted by molar-refractivity contribution is -0.448. The molecule has 0 fully saturated rings. The van der Waals surface area contributed by atoms with E-state index in [1.165, 1.54) is 0 Å². The predicted octanol–water partition coefficient (Wildman–Crippen LogP) is 1.67. The van der Waals surface area contributed by atoms with Gasteiger partial charge in [-0.2, -0.15) is 5.10 Å². The van der Waals surface area contributed by atoms with E-state index in [-0.39, 0.29) is 5.97 Å². The summed E-state index contributed by atoms with van der Waals surface area (Å²) in [5.74, 6) is -0.285. The molecule has 2 rings (SSSR count). The van der Waals surface area contributed by atoms with Crippen molar-refractivity contribution in [2.75, 3.05) is 6.61 Å². The zero-order chi connectivity index (χ0) is 11.4. The van der Waals surface area contributed by atoms with Crippen LogP contribution < -0.4 is 5.10 Å². The SMILES string of the molecule is CCOC(=O)c1ccc(-c2cc[nH+][nH]2)cc1. The van der Waals surface area contributed by atoms with Crippen LogP contribution in [0.4, 0.5) is 0 Å². The molecule has 0 aliphatic rings. The Morgan fingerprint density at radius 2 is 2.06 bits per heavy atom. The molecular formula is C12H13N2O2+. The molecule has 0 aliphatic carbocycles. The highest BCUT2D eigenvalue weighted by Gasteiger charge is 2.07. The van der Waals surface area contributed by atoms with E-state index in [4.69, 9.17) is 4.74 Å². The third kappa shape index (κ3) is 2.11. The van der Waals surface area contributed by atoms with Crippen LogP contribution in [0, 0.1) is 0 Å². The first-order chi connectivity index (χ1) is 7.81. The zero-order valence-electron chi connectivity index (χ0n) is 8.99. The summed E-state index contributed by atoms with van der Waals surface area (Å²) in [5, 5.41) is 5.86. The highest BCUT2D eigenvalue weighted by molar-refractivity contribution is 5.89. The van der Waals surface area contributed by atoms with Crippen LogP contribution in [0.3, 0.4) is 0 Å². The van der Waals surface area contributed by atoms with Gasteiger partial charge >= 0.3 is 5.97 Å². The van der Waals surface area contributed by atoms with Crippen LogP contribution >= 0.6 is 0 Å². The van der Waals surface area contributed by atoms with Crippen LogP contribution in [-0.2, 0) is 4.74 Å². The van der Waals surface area contributed by atoms with Gasteiger partial charge in [-0.05, 0) is 19.1 Å². The Kier molecular flexibility index (Phi) is 3.00. The molecule has 0 bridgehead atoms. The number of nitrogens with one attached hydrogen (secondary N) is 2. The normalized spacial score (nSPS) is 10.1. The van der Waals surface area contributed by atoms with Crippen molar-refractivity contribution in [3.8, 4) is 11.3 Å². The first-order valence-electron chi connectivity index (χ1n) is 5.14. The van der Waals surface area contributed by atoms with Crippen molar-refractivity contribution in [1.82, 2.24) is 5.10 Å². The van der Waals surface area contributed by atoms with E-state index in [0.29, 0.717) is 12.2 Å². The van der Waals surface area contributed by atoms with Gasteiger partial charge in [0.25, 0.3) is 0 Å². The number of ether oxygens (including phenoxy) is 1. The number of aromatic nitrogens is 2. The summed E-state index contributed by atoms with van der Waals surface area (Å²) in [5.41, 5.74) is 2.57. The average molecular weight is 217 g/mol. The van der Waals surface area contributed by atoms with Gasteiger partial charge in [-0.3, -0.25) is 0 Å². The van der Waals surface area contributed by atoms with E-state index in [9.17, 15) is 4.79 Å². The molecule has 1 aromatic carbocycles. The minimum Gasteiger partial charge on any atom is -0.462 e. The van der Waals surface area contributed by atoms with Gasteiger partial charge in [0.15, 0.2) is 6.20 Å². The van der Waals surface area contributed by atoms with Gasteiger partial charge in [-0.15, -0.1) is 5.10 Å². The average Bonchev–Trinajstić information content (AvgIpc) is 2.83. The smallest absolute Gasteiger partial charge is 0.338 e. The Bertz CT molecular complexity index is 460. The molecule has 0 saturated heterocycles. The van der Waals surface area contributed by atoms with Gasteiger partial charge in [0.05, 0.1) is 12.2 Å². The standard InChI is InChI=1S/C12H12N2O2/c1-2-16-12(15)10-5-3-9(4-6-10)11-7-8-13-14-11/h3-8H,2H2,1H3,(H,13,14)/p+1. The third-order valence-electron chi connectivity index (χ3n) is 2.25. The van der Waals surface area contributed by atoms with Crippen LogP contribution in [0.1, 0.15) is 17.3 Å². The van der Waals surface area contributed by atoms with Crippen molar-refractivity contribution in [2.24, 2.45) is 0 Å². The summed E-state index contributed by atoms with van der Waals surface area (Å²) in [4.78, 5) is 11.4. The van der Waals surface area contributed by atoms with Crippen molar-refractivity contribution in [2.45, 2.75) is 6.92 Å². The Morgan fingerprint density at radius 3 is 2.62 bits per heavy atom. The van der Waals surface area contributed by atoms with Crippen LogP contribution in [-0.4, -0.2) is 17.7 Å². The molecule has 4 nitrogen and oxygen atoms in total. The lowest BCUT2D eigenvalue weighted by Crippen LogP contribution is -2.04. The van der Waals surface area contributed by atoms with Crippen molar-refractivity contribution in [3.05, 3.63) is 42.1 Å². The van der Waals surface area contributed by atoms with Gasteiger partial charge in [0.1, 0.15) is 5.69 Å². The fourth-order valence-corrected chi connectivity index (χ4v) is 1.45. The summed E-state index contributed by atoms with van der Waals surface area (Å²) >= 11 is 0. The molecule has 1 heterocycles. The fourth-order valence-electron chi connectivity index (χ4n) is 1.45. The molecule has 0 atom stereocenters. The number of carbonyl (C=O) groups excluding carboxylic acids is 1. The van der Waals surface area contributed by atoms with Crippen molar-refractivity contribution in [1.29, 1.82) is 0 Å². The third-order valence-corrected chi connectivity index (χ3v) is 2.25. The molecule has 0 saturated carbocycles. The zero-order valence-corrected chi connectivity index (χ0v) is 8.99. The maximum Gasteiger partial charge on any atom is 0.338 e. The second kappa shape index (κ2) is 4.61. The van der Waals surface area contributed by atoms with E-state index in [2.05, 4.69) is 10.2 Å². The molecule has 82 valence electrons. The summed E-state index contributed by atoms with van der Waals surface area (Å²) in [6, 6.07) is 9.21. The molecule has 16 heavy (non-hydrogen) atoms. The number of benzene rings is 1. The lowest BCUT2D eigenvalue weighted by atomic mass is 10.1. The van der Waals surface area contributed by atoms with E-state index >= 15 is 0 Å². The minimum absolute atomic E-state index is 0.285. The van der Waals surface area contributed by atoms with Crippen LogP contribution in [0.15, 0.2) is 36.5 Å². The number of esters is 1. The molecule has 0 unspecified atom stereocenters. The molecule has 4 heteroatoms. The van der Waals surface area contributed by atoms with Gasteiger partial charge in [0, 0.05) is 11.6 Å². The number of rotatable bonds is 3. The van der Waals surface area contributed by atoms with Gasteiger partial charge in [-0.1, -0.05) is 12.1 Å².